The molecule has 0 radical (unpaired) electrons. The molecule has 128 valence electrons. The number of hydrogen-bond acceptors (Lipinski definition) is 4. The van der Waals surface area contributed by atoms with Gasteiger partial charge in [0.2, 0.25) is 5.91 Å². The summed E-state index contributed by atoms with van der Waals surface area (Å²) in [5, 5.41) is 6.30. The van der Waals surface area contributed by atoms with Gasteiger partial charge >= 0.3 is 0 Å². The summed E-state index contributed by atoms with van der Waals surface area (Å²) in [5.74, 6) is -0.0194. The van der Waals surface area contributed by atoms with Crippen LogP contribution in [0.2, 0.25) is 0 Å². The molecule has 0 fully saturated rings. The molecule has 0 aliphatic carbocycles. The third-order valence-corrected chi connectivity index (χ3v) is 4.03. The fourth-order valence-electron chi connectivity index (χ4n) is 1.93. The van der Waals surface area contributed by atoms with Gasteiger partial charge in [0.15, 0.2) is 0 Å². The van der Waals surface area contributed by atoms with E-state index in [-0.39, 0.29) is 30.6 Å². The molecule has 0 aliphatic rings. The highest BCUT2D eigenvalue weighted by Gasteiger charge is 2.10. The van der Waals surface area contributed by atoms with Crippen LogP contribution >= 0.6 is 11.3 Å². The van der Waals surface area contributed by atoms with Gasteiger partial charge in [0, 0.05) is 31.0 Å². The van der Waals surface area contributed by atoms with Crippen LogP contribution in [0.1, 0.15) is 16.8 Å². The van der Waals surface area contributed by atoms with Crippen molar-refractivity contribution in [2.45, 2.75) is 6.42 Å². The lowest BCUT2D eigenvalue weighted by molar-refractivity contribution is -0.130. The van der Waals surface area contributed by atoms with Crippen molar-refractivity contribution >= 4 is 23.2 Å². The number of hydrogen-bond donors (Lipinski definition) is 1. The highest BCUT2D eigenvalue weighted by Crippen LogP contribution is 2.10. The summed E-state index contributed by atoms with van der Waals surface area (Å²) in [6, 6.07) is 7.45. The summed E-state index contributed by atoms with van der Waals surface area (Å²) in [4.78, 5) is 25.2. The van der Waals surface area contributed by atoms with Crippen LogP contribution in [-0.4, -0.2) is 43.5 Å². The van der Waals surface area contributed by atoms with Gasteiger partial charge in [0.05, 0.1) is 6.54 Å². The predicted octanol–water partition coefficient (Wildman–Crippen LogP) is 2.54. The Bertz CT molecular complexity index is 659. The summed E-state index contributed by atoms with van der Waals surface area (Å²) in [6.45, 7) is 1.01. The van der Waals surface area contributed by atoms with Crippen molar-refractivity contribution in [3.8, 4) is 5.75 Å². The minimum atomic E-state index is -0.320. The highest BCUT2D eigenvalue weighted by molar-refractivity contribution is 7.08. The Balaban J connectivity index is 1.63. The quantitative estimate of drug-likeness (QED) is 0.796. The Morgan fingerprint density at radius 1 is 1.25 bits per heavy atom. The van der Waals surface area contributed by atoms with Gasteiger partial charge in [-0.3, -0.25) is 9.59 Å². The standard InChI is InChI=1S/C17H19FN2O3S/c1-20(9-10-23-15-4-2-14(18)3-5-15)16(21)6-8-19-17(22)13-7-11-24-12-13/h2-5,7,11-12H,6,8-10H2,1H3,(H,19,22). The van der Waals surface area contributed by atoms with Crippen molar-refractivity contribution in [3.63, 3.8) is 0 Å². The molecule has 2 rings (SSSR count). The molecule has 1 aromatic carbocycles. The molecule has 0 bridgehead atoms. The predicted molar refractivity (Wildman–Crippen MR) is 90.8 cm³/mol. The Kier molecular flexibility index (Phi) is 6.74. The number of ether oxygens (including phenoxy) is 1. The first kappa shape index (κ1) is 17.9. The average Bonchev–Trinajstić information content (AvgIpc) is 3.11. The first-order valence-electron chi connectivity index (χ1n) is 7.49. The normalized spacial score (nSPS) is 10.2. The van der Waals surface area contributed by atoms with Crippen molar-refractivity contribution in [1.82, 2.24) is 10.2 Å². The molecule has 0 atom stereocenters. The number of benzene rings is 1. The fraction of sp³-hybridized carbons (Fsp3) is 0.294. The van der Waals surface area contributed by atoms with Crippen LogP contribution in [0.4, 0.5) is 4.39 Å². The number of nitrogens with one attached hydrogen (secondary N) is 1. The lowest BCUT2D eigenvalue weighted by atomic mass is 10.3. The molecule has 1 heterocycles. The molecule has 0 unspecified atom stereocenters. The summed E-state index contributed by atoms with van der Waals surface area (Å²) in [6.07, 6.45) is 0.225. The number of amides is 2. The summed E-state index contributed by atoms with van der Waals surface area (Å²) >= 11 is 1.45. The van der Waals surface area contributed by atoms with Gasteiger partial charge in [0.1, 0.15) is 18.2 Å². The largest absolute Gasteiger partial charge is 0.492 e. The summed E-state index contributed by atoms with van der Waals surface area (Å²) in [7, 11) is 1.68. The number of halogens is 1. The zero-order valence-electron chi connectivity index (χ0n) is 13.3. The van der Waals surface area contributed by atoms with E-state index in [9.17, 15) is 14.0 Å². The SMILES string of the molecule is CN(CCOc1ccc(F)cc1)C(=O)CCNC(=O)c1ccsc1. The van der Waals surface area contributed by atoms with Crippen LogP contribution in [0, 0.1) is 5.82 Å². The second-order valence-electron chi connectivity index (χ2n) is 5.14. The number of likely N-dealkylation sites (N-methyl/N-ethyl adjacent to an activating group) is 1. The van der Waals surface area contributed by atoms with E-state index in [4.69, 9.17) is 4.74 Å². The van der Waals surface area contributed by atoms with Crippen LogP contribution in [0.5, 0.6) is 5.75 Å². The second-order valence-corrected chi connectivity index (χ2v) is 5.92. The molecule has 2 amide bonds. The summed E-state index contributed by atoms with van der Waals surface area (Å²) in [5.41, 5.74) is 0.605. The van der Waals surface area contributed by atoms with Crippen LogP contribution in [0.15, 0.2) is 41.1 Å². The molecule has 0 saturated carbocycles. The third kappa shape index (κ3) is 5.66. The van der Waals surface area contributed by atoms with Crippen molar-refractivity contribution in [2.75, 3.05) is 26.7 Å². The van der Waals surface area contributed by atoms with Gasteiger partial charge in [0.25, 0.3) is 5.91 Å². The second kappa shape index (κ2) is 9.02. The monoisotopic (exact) mass is 350 g/mol. The van der Waals surface area contributed by atoms with Gasteiger partial charge in [-0.25, -0.2) is 4.39 Å². The van der Waals surface area contributed by atoms with Gasteiger partial charge in [-0.2, -0.15) is 11.3 Å². The molecule has 5 nitrogen and oxygen atoms in total. The molecule has 1 N–H and O–H groups in total. The molecular weight excluding hydrogens is 331 g/mol. The Morgan fingerprint density at radius 3 is 2.67 bits per heavy atom. The Hall–Kier alpha value is -2.41. The molecule has 7 heteroatoms. The molecule has 0 saturated heterocycles. The van der Waals surface area contributed by atoms with Gasteiger partial charge < -0.3 is 15.0 Å². The van der Waals surface area contributed by atoms with E-state index in [2.05, 4.69) is 5.32 Å². The van der Waals surface area contributed by atoms with Crippen LogP contribution < -0.4 is 10.1 Å². The molecule has 0 aliphatic heterocycles. The smallest absolute Gasteiger partial charge is 0.252 e. The number of carbonyl (C=O) groups is 2. The van der Waals surface area contributed by atoms with Gasteiger partial charge in [-0.15, -0.1) is 0 Å². The first-order chi connectivity index (χ1) is 11.6. The Labute approximate surface area is 144 Å². The molecule has 2 aromatic rings. The van der Waals surface area contributed by atoms with Gasteiger partial charge in [-0.1, -0.05) is 0 Å². The lowest BCUT2D eigenvalue weighted by Gasteiger charge is -2.17. The molecule has 1 aromatic heterocycles. The van der Waals surface area contributed by atoms with E-state index in [1.54, 1.807) is 23.4 Å². The maximum Gasteiger partial charge on any atom is 0.252 e. The van der Waals surface area contributed by atoms with Crippen molar-refractivity contribution in [2.24, 2.45) is 0 Å². The minimum absolute atomic E-state index is 0.0803. The van der Waals surface area contributed by atoms with E-state index < -0.39 is 0 Å². The zero-order chi connectivity index (χ0) is 17.4. The lowest BCUT2D eigenvalue weighted by Crippen LogP contribution is -2.34. The van der Waals surface area contributed by atoms with Crippen LogP contribution in [0.3, 0.4) is 0 Å². The molecular formula is C17H19FN2O3S. The van der Waals surface area contributed by atoms with Crippen molar-refractivity contribution in [3.05, 3.63) is 52.5 Å². The maximum atomic E-state index is 12.8. The van der Waals surface area contributed by atoms with Crippen molar-refractivity contribution < 1.29 is 18.7 Å². The zero-order valence-corrected chi connectivity index (χ0v) is 14.1. The number of carbonyl (C=O) groups excluding carboxylic acids is 2. The number of nitrogens with zero attached hydrogens (tertiary/aromatic N) is 1. The van der Waals surface area contributed by atoms with Crippen molar-refractivity contribution in [1.29, 1.82) is 0 Å². The minimum Gasteiger partial charge on any atom is -0.492 e. The van der Waals surface area contributed by atoms with Crippen LogP contribution in [-0.2, 0) is 4.79 Å². The van der Waals surface area contributed by atoms with E-state index in [0.29, 0.717) is 24.5 Å². The first-order valence-corrected chi connectivity index (χ1v) is 8.43. The topological polar surface area (TPSA) is 58.6 Å². The summed E-state index contributed by atoms with van der Waals surface area (Å²) < 4.78 is 18.2. The fourth-order valence-corrected chi connectivity index (χ4v) is 2.56. The van der Waals surface area contributed by atoms with Crippen LogP contribution in [0.25, 0.3) is 0 Å². The average molecular weight is 350 g/mol. The van der Waals surface area contributed by atoms with E-state index in [1.165, 1.54) is 35.6 Å². The molecule has 24 heavy (non-hydrogen) atoms. The Morgan fingerprint density at radius 2 is 2.00 bits per heavy atom. The molecule has 0 spiro atoms. The number of rotatable bonds is 8. The van der Waals surface area contributed by atoms with Gasteiger partial charge in [-0.05, 0) is 35.7 Å². The van der Waals surface area contributed by atoms with E-state index >= 15 is 0 Å². The third-order valence-electron chi connectivity index (χ3n) is 3.34. The van der Waals surface area contributed by atoms with E-state index in [1.807, 2.05) is 5.38 Å². The maximum absolute atomic E-state index is 12.8. The number of thiophene rings is 1. The highest BCUT2D eigenvalue weighted by atomic mass is 32.1. The van der Waals surface area contributed by atoms with E-state index in [0.717, 1.165) is 0 Å².